The second-order valence-electron chi connectivity index (χ2n) is 8.55. The number of rotatable bonds is 20. The Morgan fingerprint density at radius 2 is 1.65 bits per heavy atom. The first-order chi connectivity index (χ1) is 23.2. The second-order valence-corrected chi connectivity index (χ2v) is 13.0. The molecule has 0 saturated heterocycles. The lowest BCUT2D eigenvalue weighted by atomic mass is 10.1. The molecule has 6 N–H and O–H groups in total. The fourth-order valence-corrected chi connectivity index (χ4v) is 6.02. The summed E-state index contributed by atoms with van der Waals surface area (Å²) in [5.74, 6) is -0.0999. The van der Waals surface area contributed by atoms with Crippen LogP contribution in [0.25, 0.3) is 10.8 Å². The number of nitrogens with zero attached hydrogens (tertiary/aromatic N) is 5. The lowest BCUT2D eigenvalue weighted by molar-refractivity contribution is -0.434. The maximum atomic E-state index is 12.5. The molecule has 0 fully saturated rings. The molecule has 1 heterocycles. The van der Waals surface area contributed by atoms with E-state index in [0.29, 0.717) is 40.8 Å². The third kappa shape index (κ3) is 11.2. The lowest BCUT2D eigenvalue weighted by Gasteiger charge is -2.12. The van der Waals surface area contributed by atoms with Gasteiger partial charge < -0.3 is 15.7 Å². The van der Waals surface area contributed by atoms with E-state index in [1.54, 1.807) is 24.3 Å². The molecule has 0 saturated carbocycles. The first-order valence-electron chi connectivity index (χ1n) is 12.7. The van der Waals surface area contributed by atoms with Crippen molar-refractivity contribution in [1.82, 2.24) is 15.0 Å². The molecule has 0 aliphatic heterocycles. The molecule has 4 aromatic rings. The van der Waals surface area contributed by atoms with Gasteiger partial charge in [-0.15, -0.1) is 18.1 Å². The van der Waals surface area contributed by atoms with Crippen LogP contribution in [0.5, 0.6) is 5.75 Å². The van der Waals surface area contributed by atoms with Gasteiger partial charge in [-0.25, -0.2) is 24.2 Å². The Hall–Kier alpha value is -3.18. The van der Waals surface area contributed by atoms with E-state index >= 15 is 0 Å². The van der Waals surface area contributed by atoms with Crippen molar-refractivity contribution in [2.24, 2.45) is 10.2 Å². The van der Waals surface area contributed by atoms with Crippen LogP contribution in [-0.4, -0.2) is 68.9 Å². The van der Waals surface area contributed by atoms with Crippen LogP contribution in [-0.2, 0) is 42.1 Å². The summed E-state index contributed by atoms with van der Waals surface area (Å²) >= 11 is 7.70. The number of anilines is 3. The normalized spacial score (nSPS) is 11.8. The number of fused-ring (bicyclic) bond motifs is 1. The van der Waals surface area contributed by atoms with Gasteiger partial charge in [0.2, 0.25) is 17.2 Å². The van der Waals surface area contributed by atoms with Gasteiger partial charge >= 0.3 is 0 Å². The Kier molecular flexibility index (Phi) is 15.0. The fourth-order valence-electron chi connectivity index (χ4n) is 3.66. The Labute approximate surface area is 288 Å². The minimum Gasteiger partial charge on any atom is -0.505 e. The smallest absolute Gasteiger partial charge is 0.233 e. The topological polar surface area (TPSA) is 267 Å². The standard InChI is InChI=1S/C23H22ClN7O13S4/c24-21-27-22(25-7-9-45-42-39-33)29-23(28-21)26-15-2-1-13-11-18(46-43-40-34)19(20(32)17(13)12-15)31-30-14-3-5-16(6-4-14)48(36,37)10-8-38-47-44-41-35/h1-6,11-12,32-35H,7-10H2,(H2,25,26,27,28,29). The number of nitrogens with one attached hydrogen (secondary N) is 2. The van der Waals surface area contributed by atoms with Crippen molar-refractivity contribution >= 4 is 97.6 Å². The molecule has 25 heteroatoms. The summed E-state index contributed by atoms with van der Waals surface area (Å²) < 4.78 is 42.7. The molecule has 3 aromatic carbocycles. The fraction of sp³-hybridized carbons (Fsp3) is 0.174. The summed E-state index contributed by atoms with van der Waals surface area (Å²) in [6.07, 6.45) is 0. The number of sulfone groups is 1. The summed E-state index contributed by atoms with van der Waals surface area (Å²) in [6, 6.07) is 11.9. The Morgan fingerprint density at radius 1 is 0.896 bits per heavy atom. The van der Waals surface area contributed by atoms with E-state index in [2.05, 4.69) is 63.9 Å². The van der Waals surface area contributed by atoms with Gasteiger partial charge in [0, 0.05) is 35.4 Å². The van der Waals surface area contributed by atoms with Crippen LogP contribution in [0.1, 0.15) is 0 Å². The van der Waals surface area contributed by atoms with Crippen LogP contribution < -0.4 is 10.6 Å². The van der Waals surface area contributed by atoms with Crippen molar-refractivity contribution in [3.63, 3.8) is 0 Å². The zero-order valence-corrected chi connectivity index (χ0v) is 27.7. The van der Waals surface area contributed by atoms with Crippen molar-refractivity contribution < 1.29 is 61.6 Å². The van der Waals surface area contributed by atoms with Gasteiger partial charge in [0.15, 0.2) is 27.9 Å². The van der Waals surface area contributed by atoms with E-state index < -0.39 is 9.84 Å². The van der Waals surface area contributed by atoms with E-state index in [-0.39, 0.29) is 68.8 Å². The number of hydrogen-bond acceptors (Lipinski definition) is 23. The van der Waals surface area contributed by atoms with Crippen molar-refractivity contribution in [3.8, 4) is 5.75 Å². The molecule has 0 amide bonds. The number of phenols is 1. The van der Waals surface area contributed by atoms with Crippen LogP contribution in [0.2, 0.25) is 5.28 Å². The number of aromatic hydroxyl groups is 1. The molecule has 0 radical (unpaired) electrons. The van der Waals surface area contributed by atoms with Gasteiger partial charge in [0.1, 0.15) is 5.69 Å². The Balaban J connectivity index is 1.54. The largest absolute Gasteiger partial charge is 0.505 e. The lowest BCUT2D eigenvalue weighted by Crippen LogP contribution is -2.10. The van der Waals surface area contributed by atoms with Crippen LogP contribution in [0.15, 0.2) is 68.6 Å². The third-order valence-corrected chi connectivity index (χ3v) is 9.01. The molecule has 0 bridgehead atoms. The van der Waals surface area contributed by atoms with Gasteiger partial charge in [0.05, 0.1) is 39.9 Å². The summed E-state index contributed by atoms with van der Waals surface area (Å²) in [6.45, 7) is 0.0778. The number of benzene rings is 3. The van der Waals surface area contributed by atoms with Gasteiger partial charge in [-0.05, 0) is 59.5 Å². The number of azo groups is 1. The van der Waals surface area contributed by atoms with Gasteiger partial charge in [-0.1, -0.05) is 21.2 Å². The monoisotopic (exact) mass is 767 g/mol. The van der Waals surface area contributed by atoms with Gasteiger partial charge in [-0.3, -0.25) is 4.18 Å². The molecule has 258 valence electrons. The highest BCUT2D eigenvalue weighted by molar-refractivity contribution is 7.95. The third-order valence-electron chi connectivity index (χ3n) is 5.62. The summed E-state index contributed by atoms with van der Waals surface area (Å²) in [7, 11) is -3.73. The highest BCUT2D eigenvalue weighted by Crippen LogP contribution is 2.44. The number of hydrogen-bond donors (Lipinski definition) is 6. The van der Waals surface area contributed by atoms with Crippen molar-refractivity contribution in [1.29, 1.82) is 0 Å². The van der Waals surface area contributed by atoms with E-state index in [0.717, 1.165) is 12.0 Å². The van der Waals surface area contributed by atoms with Crippen LogP contribution in [0, 0.1) is 0 Å². The molecular weight excluding hydrogens is 746 g/mol. The summed E-state index contributed by atoms with van der Waals surface area (Å²) in [5.41, 5.74) is 0.622. The second kappa shape index (κ2) is 19.1. The SMILES string of the molecule is O=S(=O)(CCOSOOO)c1ccc(N=Nc2c(SOOO)cc3ccc(Nc4nc(Cl)nc(NCCSOOO)n4)cc3c2O)cc1. The molecule has 1 aromatic heterocycles. The minimum absolute atomic E-state index is 0.0168. The molecule has 4 rings (SSSR count). The highest BCUT2D eigenvalue weighted by atomic mass is 35.5. The number of phenolic OH excluding ortho intramolecular Hbond substituents is 1. The molecular formula is C23H22ClN7O13S4. The van der Waals surface area contributed by atoms with Gasteiger partial charge in [-0.2, -0.15) is 20.1 Å². The Bertz CT molecular complexity index is 1800. The van der Waals surface area contributed by atoms with Gasteiger partial charge in [0.25, 0.3) is 0 Å². The van der Waals surface area contributed by atoms with Crippen molar-refractivity contribution in [2.75, 3.05) is 35.3 Å². The number of halogens is 1. The maximum Gasteiger partial charge on any atom is 0.233 e. The predicted molar refractivity (Wildman–Crippen MR) is 171 cm³/mol. The summed E-state index contributed by atoms with van der Waals surface area (Å²) in [5, 5.41) is 61.6. The molecule has 20 nitrogen and oxygen atoms in total. The van der Waals surface area contributed by atoms with E-state index in [1.807, 2.05) is 0 Å². The maximum absolute atomic E-state index is 12.5. The van der Waals surface area contributed by atoms with Crippen LogP contribution in [0.3, 0.4) is 0 Å². The molecule has 0 spiro atoms. The average Bonchev–Trinajstić information content (AvgIpc) is 3.07. The zero-order valence-electron chi connectivity index (χ0n) is 23.7. The minimum atomic E-state index is -3.73. The molecule has 0 aliphatic rings. The molecule has 0 atom stereocenters. The average molecular weight is 768 g/mol. The number of aromatic nitrogens is 3. The van der Waals surface area contributed by atoms with Crippen LogP contribution in [0.4, 0.5) is 29.0 Å². The van der Waals surface area contributed by atoms with E-state index in [1.165, 1.54) is 24.3 Å². The summed E-state index contributed by atoms with van der Waals surface area (Å²) in [4.78, 5) is 12.5. The van der Waals surface area contributed by atoms with E-state index in [4.69, 9.17) is 31.6 Å². The zero-order chi connectivity index (χ0) is 34.4. The molecule has 48 heavy (non-hydrogen) atoms. The first-order valence-corrected chi connectivity index (χ1v) is 17.1. The molecule has 0 aliphatic carbocycles. The highest BCUT2D eigenvalue weighted by Gasteiger charge is 2.17. The van der Waals surface area contributed by atoms with E-state index in [9.17, 15) is 13.5 Å². The van der Waals surface area contributed by atoms with Crippen molar-refractivity contribution in [3.05, 3.63) is 53.8 Å². The van der Waals surface area contributed by atoms with Crippen LogP contribution >= 0.6 is 48.0 Å². The molecule has 0 unspecified atom stereocenters. The Morgan fingerprint density at radius 3 is 2.40 bits per heavy atom. The first kappa shape index (κ1) is 37.6. The van der Waals surface area contributed by atoms with Crippen molar-refractivity contribution in [2.45, 2.75) is 9.79 Å². The predicted octanol–water partition coefficient (Wildman–Crippen LogP) is 6.23. The quantitative estimate of drug-likeness (QED) is 0.0191.